The van der Waals surface area contributed by atoms with Crippen molar-refractivity contribution in [1.82, 2.24) is 24.6 Å². The van der Waals surface area contributed by atoms with Crippen LogP contribution in [0.15, 0.2) is 18.3 Å². The van der Waals surface area contributed by atoms with Crippen molar-refractivity contribution in [2.75, 3.05) is 6.54 Å². The first-order valence-corrected chi connectivity index (χ1v) is 8.31. The molecule has 1 atom stereocenters. The summed E-state index contributed by atoms with van der Waals surface area (Å²) in [5.74, 6) is -0.347. The number of rotatable bonds is 5. The maximum Gasteiger partial charge on any atom is 0.303 e. The lowest BCUT2D eigenvalue weighted by Gasteiger charge is -2.24. The predicted molar refractivity (Wildman–Crippen MR) is 88.9 cm³/mol. The van der Waals surface area contributed by atoms with Crippen molar-refractivity contribution in [2.24, 2.45) is 7.05 Å². The standard InChI is InChI=1S/C17H21N5O3/c1-11-10-12(5-6-15(23)24)20-16(19-11)13-4-3-9-22(13)17(25)14-7-8-18-21(14)2/h7-8,10,13H,3-6,9H2,1-2H3,(H,23,24)/t13-/m1/s1. The summed E-state index contributed by atoms with van der Waals surface area (Å²) in [6.45, 7) is 2.51. The zero-order valence-electron chi connectivity index (χ0n) is 14.3. The van der Waals surface area contributed by atoms with Crippen molar-refractivity contribution >= 4 is 11.9 Å². The van der Waals surface area contributed by atoms with Gasteiger partial charge >= 0.3 is 5.97 Å². The van der Waals surface area contributed by atoms with E-state index in [2.05, 4.69) is 15.1 Å². The third kappa shape index (κ3) is 3.67. The fourth-order valence-corrected chi connectivity index (χ4v) is 3.18. The molecule has 132 valence electrons. The van der Waals surface area contributed by atoms with Crippen molar-refractivity contribution in [2.45, 2.75) is 38.6 Å². The van der Waals surface area contributed by atoms with Gasteiger partial charge in [-0.1, -0.05) is 0 Å². The van der Waals surface area contributed by atoms with Crippen LogP contribution in [-0.4, -0.2) is 48.2 Å². The molecule has 1 amide bonds. The van der Waals surface area contributed by atoms with Gasteiger partial charge in [0.2, 0.25) is 0 Å². The van der Waals surface area contributed by atoms with Crippen LogP contribution in [0.5, 0.6) is 0 Å². The molecule has 8 heteroatoms. The van der Waals surface area contributed by atoms with Crippen LogP contribution in [0, 0.1) is 6.92 Å². The van der Waals surface area contributed by atoms with Gasteiger partial charge in [-0.05, 0) is 31.9 Å². The number of nitrogens with zero attached hydrogens (tertiary/aromatic N) is 5. The van der Waals surface area contributed by atoms with Crippen LogP contribution in [0.1, 0.15) is 53.0 Å². The monoisotopic (exact) mass is 343 g/mol. The lowest BCUT2D eigenvalue weighted by Crippen LogP contribution is -2.33. The SMILES string of the molecule is Cc1cc(CCC(=O)O)nc([C@H]2CCCN2C(=O)c2ccnn2C)n1. The molecule has 1 saturated heterocycles. The van der Waals surface area contributed by atoms with Crippen molar-refractivity contribution in [3.63, 3.8) is 0 Å². The van der Waals surface area contributed by atoms with Crippen molar-refractivity contribution < 1.29 is 14.7 Å². The van der Waals surface area contributed by atoms with E-state index in [1.165, 1.54) is 0 Å². The second-order valence-corrected chi connectivity index (χ2v) is 6.25. The van der Waals surface area contributed by atoms with E-state index >= 15 is 0 Å². The highest BCUT2D eigenvalue weighted by molar-refractivity contribution is 5.92. The maximum absolute atomic E-state index is 12.8. The average molecular weight is 343 g/mol. The van der Waals surface area contributed by atoms with E-state index in [0.717, 1.165) is 18.5 Å². The number of aryl methyl sites for hydroxylation is 3. The number of carbonyl (C=O) groups excluding carboxylic acids is 1. The minimum Gasteiger partial charge on any atom is -0.481 e. The molecule has 0 unspecified atom stereocenters. The minimum absolute atomic E-state index is 0.0260. The summed E-state index contributed by atoms with van der Waals surface area (Å²) in [6, 6.07) is 3.31. The van der Waals surface area contributed by atoms with Gasteiger partial charge in [0, 0.05) is 37.6 Å². The second kappa shape index (κ2) is 7.00. The number of hydrogen-bond acceptors (Lipinski definition) is 5. The van der Waals surface area contributed by atoms with Gasteiger partial charge < -0.3 is 10.0 Å². The van der Waals surface area contributed by atoms with Gasteiger partial charge in [0.05, 0.1) is 12.5 Å². The Morgan fingerprint density at radius 3 is 2.84 bits per heavy atom. The minimum atomic E-state index is -0.855. The molecule has 1 aliphatic heterocycles. The van der Waals surface area contributed by atoms with Crippen LogP contribution in [0.2, 0.25) is 0 Å². The average Bonchev–Trinajstić information content (AvgIpc) is 3.20. The summed E-state index contributed by atoms with van der Waals surface area (Å²) in [6.07, 6.45) is 3.67. The highest BCUT2D eigenvalue weighted by Gasteiger charge is 2.33. The van der Waals surface area contributed by atoms with Crippen molar-refractivity contribution in [3.05, 3.63) is 41.2 Å². The summed E-state index contributed by atoms with van der Waals surface area (Å²) in [4.78, 5) is 34.5. The Bertz CT molecular complexity index is 801. The molecule has 2 aromatic heterocycles. The lowest BCUT2D eigenvalue weighted by molar-refractivity contribution is -0.136. The fourth-order valence-electron chi connectivity index (χ4n) is 3.18. The van der Waals surface area contributed by atoms with Gasteiger partial charge in [0.1, 0.15) is 5.69 Å². The molecule has 2 aromatic rings. The molecular formula is C17H21N5O3. The Labute approximate surface area is 145 Å². The number of carboxylic acid groups (broad SMARTS) is 1. The van der Waals surface area contributed by atoms with Gasteiger partial charge in [-0.25, -0.2) is 9.97 Å². The van der Waals surface area contributed by atoms with Crippen LogP contribution in [-0.2, 0) is 18.3 Å². The molecule has 3 heterocycles. The van der Waals surface area contributed by atoms with Gasteiger partial charge in [-0.15, -0.1) is 0 Å². The number of likely N-dealkylation sites (tertiary alicyclic amines) is 1. The number of aliphatic carboxylic acids is 1. The van der Waals surface area contributed by atoms with Crippen LogP contribution >= 0.6 is 0 Å². The molecular weight excluding hydrogens is 322 g/mol. The van der Waals surface area contributed by atoms with Crippen molar-refractivity contribution in [3.8, 4) is 0 Å². The van der Waals surface area contributed by atoms with E-state index in [9.17, 15) is 9.59 Å². The zero-order chi connectivity index (χ0) is 18.0. The molecule has 8 nitrogen and oxygen atoms in total. The molecule has 1 fully saturated rings. The van der Waals surface area contributed by atoms with E-state index < -0.39 is 5.97 Å². The molecule has 3 rings (SSSR count). The Kier molecular flexibility index (Phi) is 4.78. The molecule has 0 spiro atoms. The zero-order valence-corrected chi connectivity index (χ0v) is 14.3. The summed E-state index contributed by atoms with van der Waals surface area (Å²) >= 11 is 0. The number of amides is 1. The Balaban J connectivity index is 1.86. The summed E-state index contributed by atoms with van der Waals surface area (Å²) < 4.78 is 1.56. The first-order valence-electron chi connectivity index (χ1n) is 8.31. The first-order chi connectivity index (χ1) is 12.0. The van der Waals surface area contributed by atoms with Gasteiger partial charge in [-0.2, -0.15) is 5.10 Å². The van der Waals surface area contributed by atoms with E-state index in [1.54, 1.807) is 35.0 Å². The number of carbonyl (C=O) groups is 2. The topological polar surface area (TPSA) is 101 Å². The molecule has 0 radical (unpaired) electrons. The van der Waals surface area contributed by atoms with E-state index in [1.807, 2.05) is 6.92 Å². The highest BCUT2D eigenvalue weighted by Crippen LogP contribution is 2.31. The van der Waals surface area contributed by atoms with Crippen LogP contribution < -0.4 is 0 Å². The molecule has 1 N–H and O–H groups in total. The Hall–Kier alpha value is -2.77. The van der Waals surface area contributed by atoms with Crippen LogP contribution in [0.3, 0.4) is 0 Å². The van der Waals surface area contributed by atoms with Crippen LogP contribution in [0.4, 0.5) is 0 Å². The van der Waals surface area contributed by atoms with E-state index in [0.29, 0.717) is 30.2 Å². The van der Waals surface area contributed by atoms with Crippen LogP contribution in [0.25, 0.3) is 0 Å². The smallest absolute Gasteiger partial charge is 0.303 e. The number of hydrogen-bond donors (Lipinski definition) is 1. The second-order valence-electron chi connectivity index (χ2n) is 6.25. The van der Waals surface area contributed by atoms with Crippen molar-refractivity contribution in [1.29, 1.82) is 0 Å². The predicted octanol–water partition coefficient (Wildman–Crippen LogP) is 1.51. The summed E-state index contributed by atoms with van der Waals surface area (Å²) in [7, 11) is 1.74. The number of carboxylic acids is 1. The molecule has 0 aromatic carbocycles. The molecule has 0 saturated carbocycles. The largest absolute Gasteiger partial charge is 0.481 e. The summed E-state index contributed by atoms with van der Waals surface area (Å²) in [5, 5.41) is 12.9. The molecule has 0 aliphatic carbocycles. The fraction of sp³-hybridized carbons (Fsp3) is 0.471. The quantitative estimate of drug-likeness (QED) is 0.883. The van der Waals surface area contributed by atoms with E-state index in [-0.39, 0.29) is 18.4 Å². The van der Waals surface area contributed by atoms with Gasteiger partial charge in [0.15, 0.2) is 5.82 Å². The Morgan fingerprint density at radius 1 is 1.36 bits per heavy atom. The third-order valence-electron chi connectivity index (χ3n) is 4.37. The Morgan fingerprint density at radius 2 is 2.16 bits per heavy atom. The third-order valence-corrected chi connectivity index (χ3v) is 4.37. The van der Waals surface area contributed by atoms with E-state index in [4.69, 9.17) is 5.11 Å². The lowest BCUT2D eigenvalue weighted by atomic mass is 10.1. The highest BCUT2D eigenvalue weighted by atomic mass is 16.4. The molecule has 0 bridgehead atoms. The summed E-state index contributed by atoms with van der Waals surface area (Å²) in [5.41, 5.74) is 2.01. The molecule has 25 heavy (non-hydrogen) atoms. The normalized spacial score (nSPS) is 17.0. The van der Waals surface area contributed by atoms with Gasteiger partial charge in [-0.3, -0.25) is 14.3 Å². The first kappa shape index (κ1) is 17.1. The van der Waals surface area contributed by atoms with Gasteiger partial charge in [0.25, 0.3) is 5.91 Å². The molecule has 1 aliphatic rings. The number of aromatic nitrogens is 4. The maximum atomic E-state index is 12.8.